The van der Waals surface area contributed by atoms with Crippen LogP contribution < -0.4 is 4.84 Å². The van der Waals surface area contributed by atoms with Gasteiger partial charge in [0.25, 0.3) is 5.69 Å². The first-order valence-corrected chi connectivity index (χ1v) is 7.84. The van der Waals surface area contributed by atoms with Crippen molar-refractivity contribution < 1.29 is 19.8 Å². The summed E-state index contributed by atoms with van der Waals surface area (Å²) in [5.74, 6) is 0.0131. The van der Waals surface area contributed by atoms with E-state index in [1.54, 1.807) is 18.2 Å². The van der Waals surface area contributed by atoms with E-state index in [1.807, 2.05) is 13.0 Å². The number of phenols is 1. The lowest BCUT2D eigenvalue weighted by molar-refractivity contribution is -0.394. The van der Waals surface area contributed by atoms with Gasteiger partial charge in [-0.2, -0.15) is 0 Å². The number of nitrogens with zero attached hydrogens (tertiary/aromatic N) is 3. The predicted octanol–water partition coefficient (Wildman–Crippen LogP) is 3.99. The van der Waals surface area contributed by atoms with Crippen LogP contribution in [0.2, 0.25) is 0 Å². The number of non-ortho nitro benzene ring substituents is 1. The van der Waals surface area contributed by atoms with Gasteiger partial charge >= 0.3 is 5.69 Å². The molecule has 0 spiro atoms. The maximum absolute atomic E-state index is 11.1. The summed E-state index contributed by atoms with van der Waals surface area (Å²) in [7, 11) is 0. The minimum Gasteiger partial charge on any atom is -0.508 e. The van der Waals surface area contributed by atoms with E-state index < -0.39 is 21.2 Å². The number of nitro groups is 2. The lowest BCUT2D eigenvalue weighted by atomic mass is 10.1. The average molecular weight is 359 g/mol. The van der Waals surface area contributed by atoms with Crippen molar-refractivity contribution in [3.05, 3.63) is 68.3 Å². The lowest BCUT2D eigenvalue weighted by Gasteiger charge is -2.06. The Hall–Kier alpha value is -3.49. The van der Waals surface area contributed by atoms with Crippen molar-refractivity contribution in [2.45, 2.75) is 26.2 Å². The van der Waals surface area contributed by atoms with Crippen LogP contribution in [0.1, 0.15) is 25.3 Å². The molecule has 0 aliphatic rings. The Labute approximate surface area is 148 Å². The number of rotatable bonds is 8. The van der Waals surface area contributed by atoms with Crippen molar-refractivity contribution >= 4 is 17.1 Å². The molecule has 2 rings (SSSR count). The first-order chi connectivity index (χ1) is 12.4. The van der Waals surface area contributed by atoms with Gasteiger partial charge in [0, 0.05) is 6.07 Å². The zero-order chi connectivity index (χ0) is 19.1. The summed E-state index contributed by atoms with van der Waals surface area (Å²) in [5, 5.41) is 35.2. The molecule has 0 fully saturated rings. The summed E-state index contributed by atoms with van der Waals surface area (Å²) in [6.07, 6.45) is 1.73. The number of nitro benzene ring substituents is 2. The first kappa shape index (κ1) is 18.8. The topological polar surface area (TPSA) is 128 Å². The predicted molar refractivity (Wildman–Crippen MR) is 94.5 cm³/mol. The minimum absolute atomic E-state index is 0.163. The fourth-order valence-electron chi connectivity index (χ4n) is 2.24. The molecule has 0 aliphatic heterocycles. The number of benzene rings is 2. The van der Waals surface area contributed by atoms with Crippen molar-refractivity contribution in [3.63, 3.8) is 0 Å². The molecule has 9 nitrogen and oxygen atoms in total. The van der Waals surface area contributed by atoms with Crippen molar-refractivity contribution in [2.24, 2.45) is 5.16 Å². The van der Waals surface area contributed by atoms with Gasteiger partial charge in [-0.1, -0.05) is 24.2 Å². The molecule has 0 saturated heterocycles. The van der Waals surface area contributed by atoms with Gasteiger partial charge in [0.15, 0.2) is 0 Å². The zero-order valence-corrected chi connectivity index (χ0v) is 14.0. The van der Waals surface area contributed by atoms with E-state index in [0.29, 0.717) is 25.0 Å². The van der Waals surface area contributed by atoms with Crippen LogP contribution in [0, 0.1) is 20.2 Å². The maximum Gasteiger partial charge on any atom is 0.321 e. The number of aryl methyl sites for hydroxylation is 1. The van der Waals surface area contributed by atoms with E-state index >= 15 is 0 Å². The summed E-state index contributed by atoms with van der Waals surface area (Å²) in [6, 6.07) is 9.95. The molecule has 2 aromatic carbocycles. The molecule has 0 bridgehead atoms. The minimum atomic E-state index is -0.754. The summed E-state index contributed by atoms with van der Waals surface area (Å²) in [6.45, 7) is 1.87. The molecule has 0 aliphatic carbocycles. The fraction of sp³-hybridized carbons (Fsp3) is 0.235. The number of aromatic hydroxyl groups is 1. The van der Waals surface area contributed by atoms with Gasteiger partial charge in [0.05, 0.1) is 21.6 Å². The van der Waals surface area contributed by atoms with Crippen LogP contribution in [0.15, 0.2) is 47.6 Å². The Balaban J connectivity index is 2.12. The van der Waals surface area contributed by atoms with Gasteiger partial charge in [0.2, 0.25) is 5.75 Å². The molecule has 9 heteroatoms. The van der Waals surface area contributed by atoms with Crippen LogP contribution in [0.5, 0.6) is 11.5 Å². The van der Waals surface area contributed by atoms with Crippen LogP contribution in [-0.4, -0.2) is 20.7 Å². The number of phenolic OH excluding ortho intramolecular Hbond substituents is 1. The van der Waals surface area contributed by atoms with E-state index in [-0.39, 0.29) is 11.5 Å². The second-order valence-corrected chi connectivity index (χ2v) is 5.44. The van der Waals surface area contributed by atoms with Crippen LogP contribution >= 0.6 is 0 Å². The molecule has 0 saturated carbocycles. The third-order valence-electron chi connectivity index (χ3n) is 3.64. The van der Waals surface area contributed by atoms with Crippen molar-refractivity contribution in [2.75, 3.05) is 0 Å². The normalized spacial score (nSPS) is 11.2. The standard InChI is InChI=1S/C17H17N3O6/c1-2-13(7-6-12-4-3-5-15(21)10-12)18-26-17-9-8-14(19(22)23)11-16(17)20(24)25/h3-5,8-11,21H,2,6-7H2,1H3/b18-13+. The van der Waals surface area contributed by atoms with Gasteiger partial charge in [-0.3, -0.25) is 20.2 Å². The van der Waals surface area contributed by atoms with E-state index in [2.05, 4.69) is 5.16 Å². The Kier molecular flexibility index (Phi) is 6.20. The highest BCUT2D eigenvalue weighted by Crippen LogP contribution is 2.31. The van der Waals surface area contributed by atoms with Gasteiger partial charge in [-0.15, -0.1) is 0 Å². The summed E-state index contributed by atoms with van der Waals surface area (Å²) in [5.41, 5.74) is 0.674. The van der Waals surface area contributed by atoms with Crippen LogP contribution in [0.25, 0.3) is 0 Å². The van der Waals surface area contributed by atoms with Crippen LogP contribution in [0.4, 0.5) is 11.4 Å². The molecule has 0 radical (unpaired) electrons. The molecule has 0 unspecified atom stereocenters. The highest BCUT2D eigenvalue weighted by atomic mass is 16.7. The van der Waals surface area contributed by atoms with Crippen molar-refractivity contribution in [3.8, 4) is 11.5 Å². The first-order valence-electron chi connectivity index (χ1n) is 7.84. The van der Waals surface area contributed by atoms with Gasteiger partial charge in [0.1, 0.15) is 5.75 Å². The summed E-state index contributed by atoms with van der Waals surface area (Å²) in [4.78, 5) is 25.5. The second kappa shape index (κ2) is 8.56. The van der Waals surface area contributed by atoms with Crippen molar-refractivity contribution in [1.82, 2.24) is 0 Å². The highest BCUT2D eigenvalue weighted by molar-refractivity contribution is 5.84. The third kappa shape index (κ3) is 5.00. The van der Waals surface area contributed by atoms with E-state index in [9.17, 15) is 25.3 Å². The SMILES string of the molecule is CC/C(CCc1cccc(O)c1)=N\Oc1ccc([N+](=O)[O-])cc1[N+](=O)[O-]. The molecule has 0 aromatic heterocycles. The van der Waals surface area contributed by atoms with Crippen molar-refractivity contribution in [1.29, 1.82) is 0 Å². The number of oxime groups is 1. The molecule has 0 amide bonds. The highest BCUT2D eigenvalue weighted by Gasteiger charge is 2.21. The van der Waals surface area contributed by atoms with Gasteiger partial charge in [-0.05, 0) is 43.0 Å². The van der Waals surface area contributed by atoms with Gasteiger partial charge < -0.3 is 9.94 Å². The van der Waals surface area contributed by atoms with Crippen LogP contribution in [0.3, 0.4) is 0 Å². The smallest absolute Gasteiger partial charge is 0.321 e. The van der Waals surface area contributed by atoms with Gasteiger partial charge in [-0.25, -0.2) is 0 Å². The summed E-state index contributed by atoms with van der Waals surface area (Å²) < 4.78 is 0. The molecule has 136 valence electrons. The monoisotopic (exact) mass is 359 g/mol. The molecular formula is C17H17N3O6. The molecular weight excluding hydrogens is 342 g/mol. The Morgan fingerprint density at radius 3 is 2.54 bits per heavy atom. The molecule has 2 aromatic rings. The molecule has 1 N–H and O–H groups in total. The molecule has 0 heterocycles. The van der Waals surface area contributed by atoms with E-state index in [1.165, 1.54) is 0 Å². The maximum atomic E-state index is 11.1. The van der Waals surface area contributed by atoms with E-state index in [4.69, 9.17) is 4.84 Å². The third-order valence-corrected chi connectivity index (χ3v) is 3.64. The number of hydrogen-bond donors (Lipinski definition) is 1. The quantitative estimate of drug-likeness (QED) is 0.431. The zero-order valence-electron chi connectivity index (χ0n) is 14.0. The summed E-state index contributed by atoms with van der Waals surface area (Å²) >= 11 is 0. The lowest BCUT2D eigenvalue weighted by Crippen LogP contribution is -2.03. The Bertz CT molecular complexity index is 850. The van der Waals surface area contributed by atoms with E-state index in [0.717, 1.165) is 23.8 Å². The largest absolute Gasteiger partial charge is 0.508 e. The average Bonchev–Trinajstić information content (AvgIpc) is 2.61. The second-order valence-electron chi connectivity index (χ2n) is 5.44. The van der Waals surface area contributed by atoms with Crippen LogP contribution in [-0.2, 0) is 6.42 Å². The Morgan fingerprint density at radius 1 is 1.15 bits per heavy atom. The fourth-order valence-corrected chi connectivity index (χ4v) is 2.24. The number of hydrogen-bond acceptors (Lipinski definition) is 7. The Morgan fingerprint density at radius 2 is 1.92 bits per heavy atom. The molecule has 26 heavy (non-hydrogen) atoms. The molecule has 0 atom stereocenters.